The number of carbonyl (C=O) groups excluding carboxylic acids is 1. The summed E-state index contributed by atoms with van der Waals surface area (Å²) in [7, 11) is 1.76. The zero-order valence-corrected chi connectivity index (χ0v) is 12.8. The molecule has 0 spiro atoms. The second kappa shape index (κ2) is 7.28. The Kier molecular flexibility index (Phi) is 5.16. The summed E-state index contributed by atoms with van der Waals surface area (Å²) in [5, 5.41) is 12.0. The molecule has 0 aromatic heterocycles. The highest BCUT2D eigenvalue weighted by Gasteiger charge is 2.06. The summed E-state index contributed by atoms with van der Waals surface area (Å²) in [4.78, 5) is 13.3. The molecule has 0 fully saturated rings. The van der Waals surface area contributed by atoms with Crippen LogP contribution in [0.1, 0.15) is 18.1 Å². The first-order valence-electron chi connectivity index (χ1n) is 7.23. The molecule has 4 nitrogen and oxygen atoms in total. The molecule has 0 aliphatic rings. The van der Waals surface area contributed by atoms with Gasteiger partial charge in [-0.2, -0.15) is 5.26 Å². The van der Waals surface area contributed by atoms with E-state index in [9.17, 15) is 4.79 Å². The summed E-state index contributed by atoms with van der Waals surface area (Å²) < 4.78 is 0. The number of rotatable bonds is 4. The van der Waals surface area contributed by atoms with Gasteiger partial charge < -0.3 is 10.2 Å². The average molecular weight is 293 g/mol. The molecular formula is C18H19N3O. The van der Waals surface area contributed by atoms with Gasteiger partial charge in [-0.25, -0.2) is 4.79 Å². The van der Waals surface area contributed by atoms with Crippen molar-refractivity contribution in [3.63, 3.8) is 0 Å². The van der Waals surface area contributed by atoms with Crippen molar-refractivity contribution < 1.29 is 4.79 Å². The zero-order chi connectivity index (χ0) is 15.9. The molecule has 2 aromatic carbocycles. The van der Waals surface area contributed by atoms with E-state index < -0.39 is 0 Å². The molecule has 0 saturated carbocycles. The van der Waals surface area contributed by atoms with Crippen molar-refractivity contribution in [2.45, 2.75) is 13.5 Å². The lowest BCUT2D eigenvalue weighted by molar-refractivity contribution is 0.210. The first-order valence-corrected chi connectivity index (χ1v) is 7.23. The molecule has 0 aliphatic heterocycles. The molecular weight excluding hydrogens is 274 g/mol. The van der Waals surface area contributed by atoms with Crippen LogP contribution in [0.3, 0.4) is 0 Å². The van der Waals surface area contributed by atoms with E-state index in [2.05, 4.69) is 11.4 Å². The quantitative estimate of drug-likeness (QED) is 0.939. The van der Waals surface area contributed by atoms with E-state index in [1.807, 2.05) is 55.5 Å². The molecule has 0 unspecified atom stereocenters. The Morgan fingerprint density at radius 1 is 1.18 bits per heavy atom. The van der Waals surface area contributed by atoms with E-state index in [1.54, 1.807) is 11.9 Å². The predicted octanol–water partition coefficient (Wildman–Crippen LogP) is 3.39. The summed E-state index contributed by atoms with van der Waals surface area (Å²) in [6.07, 6.45) is 0. The van der Waals surface area contributed by atoms with Crippen molar-refractivity contribution in [1.29, 1.82) is 5.26 Å². The van der Waals surface area contributed by atoms with Crippen molar-refractivity contribution in [3.8, 4) is 17.2 Å². The molecule has 0 bridgehead atoms. The van der Waals surface area contributed by atoms with Gasteiger partial charge in [0, 0.05) is 20.1 Å². The third-order valence-electron chi connectivity index (χ3n) is 3.58. The second-order valence-electron chi connectivity index (χ2n) is 5.03. The fraction of sp³-hybridized carbons (Fsp3) is 0.222. The molecule has 0 aliphatic carbocycles. The van der Waals surface area contributed by atoms with Gasteiger partial charge >= 0.3 is 6.03 Å². The van der Waals surface area contributed by atoms with Crippen LogP contribution < -0.4 is 5.32 Å². The summed E-state index contributed by atoms with van der Waals surface area (Å²) in [6, 6.07) is 17.5. The van der Waals surface area contributed by atoms with Crippen molar-refractivity contribution in [2.24, 2.45) is 0 Å². The van der Waals surface area contributed by atoms with Crippen LogP contribution in [0.25, 0.3) is 11.1 Å². The molecule has 0 atom stereocenters. The maximum absolute atomic E-state index is 11.7. The largest absolute Gasteiger partial charge is 0.334 e. The fourth-order valence-corrected chi connectivity index (χ4v) is 2.09. The van der Waals surface area contributed by atoms with E-state index in [0.29, 0.717) is 18.7 Å². The number of hydrogen-bond donors (Lipinski definition) is 1. The lowest BCUT2D eigenvalue weighted by Crippen LogP contribution is -2.36. The molecule has 0 heterocycles. The SMILES string of the molecule is CCN(C)C(=O)NCc1ccc(-c2ccccc2C#N)cc1. The summed E-state index contributed by atoms with van der Waals surface area (Å²) in [5.74, 6) is 0. The van der Waals surface area contributed by atoms with Gasteiger partial charge in [-0.05, 0) is 29.7 Å². The van der Waals surface area contributed by atoms with Crippen molar-refractivity contribution in [2.75, 3.05) is 13.6 Å². The smallest absolute Gasteiger partial charge is 0.317 e. The van der Waals surface area contributed by atoms with Gasteiger partial charge in [-0.1, -0.05) is 42.5 Å². The highest BCUT2D eigenvalue weighted by molar-refractivity contribution is 5.74. The Balaban J connectivity index is 2.08. The summed E-state index contributed by atoms with van der Waals surface area (Å²) in [5.41, 5.74) is 3.60. The van der Waals surface area contributed by atoms with E-state index in [-0.39, 0.29) is 6.03 Å². The number of hydrogen-bond acceptors (Lipinski definition) is 2. The van der Waals surface area contributed by atoms with Gasteiger partial charge in [0.25, 0.3) is 0 Å². The minimum absolute atomic E-state index is 0.0820. The Hall–Kier alpha value is -2.80. The van der Waals surface area contributed by atoms with E-state index in [1.165, 1.54) is 0 Å². The Bertz CT molecular complexity index is 686. The van der Waals surface area contributed by atoms with Crippen molar-refractivity contribution >= 4 is 6.03 Å². The van der Waals surface area contributed by atoms with E-state index in [0.717, 1.165) is 16.7 Å². The molecule has 0 saturated heterocycles. The minimum atomic E-state index is -0.0820. The first kappa shape index (κ1) is 15.6. The van der Waals surface area contributed by atoms with Crippen LogP contribution >= 0.6 is 0 Å². The Morgan fingerprint density at radius 2 is 1.86 bits per heavy atom. The monoisotopic (exact) mass is 293 g/mol. The number of amides is 2. The number of nitrogens with zero attached hydrogens (tertiary/aromatic N) is 2. The van der Waals surface area contributed by atoms with E-state index >= 15 is 0 Å². The van der Waals surface area contributed by atoms with Gasteiger partial charge in [-0.3, -0.25) is 0 Å². The topological polar surface area (TPSA) is 56.1 Å². The molecule has 112 valence electrons. The van der Waals surface area contributed by atoms with Crippen LogP contribution in [0.2, 0.25) is 0 Å². The summed E-state index contributed by atoms with van der Waals surface area (Å²) >= 11 is 0. The number of carbonyl (C=O) groups is 1. The second-order valence-corrected chi connectivity index (χ2v) is 5.03. The van der Waals surface area contributed by atoms with Crippen LogP contribution in [0.5, 0.6) is 0 Å². The van der Waals surface area contributed by atoms with Crippen LogP contribution in [-0.4, -0.2) is 24.5 Å². The summed E-state index contributed by atoms with van der Waals surface area (Å²) in [6.45, 7) is 3.10. The van der Waals surface area contributed by atoms with Crippen molar-refractivity contribution in [1.82, 2.24) is 10.2 Å². The number of nitrogens with one attached hydrogen (secondary N) is 1. The normalized spacial score (nSPS) is 9.86. The highest BCUT2D eigenvalue weighted by Crippen LogP contribution is 2.23. The predicted molar refractivity (Wildman–Crippen MR) is 87.1 cm³/mol. The third-order valence-corrected chi connectivity index (χ3v) is 3.58. The van der Waals surface area contributed by atoms with Gasteiger partial charge in [0.15, 0.2) is 0 Å². The van der Waals surface area contributed by atoms with Crippen molar-refractivity contribution in [3.05, 3.63) is 59.7 Å². The molecule has 1 N–H and O–H groups in total. The maximum atomic E-state index is 11.7. The standard InChI is InChI=1S/C18H19N3O/c1-3-21(2)18(22)20-13-14-8-10-15(11-9-14)17-7-5-4-6-16(17)12-19/h4-11H,3,13H2,1-2H3,(H,20,22). The van der Waals surface area contributed by atoms with Crippen LogP contribution in [0.4, 0.5) is 4.79 Å². The van der Waals surface area contributed by atoms with Crippen LogP contribution in [-0.2, 0) is 6.54 Å². The maximum Gasteiger partial charge on any atom is 0.317 e. The van der Waals surface area contributed by atoms with Gasteiger partial charge in [0.05, 0.1) is 11.6 Å². The lowest BCUT2D eigenvalue weighted by Gasteiger charge is -2.15. The van der Waals surface area contributed by atoms with Gasteiger partial charge in [0.2, 0.25) is 0 Å². The molecule has 0 radical (unpaired) electrons. The highest BCUT2D eigenvalue weighted by atomic mass is 16.2. The molecule has 2 amide bonds. The zero-order valence-electron chi connectivity index (χ0n) is 12.8. The number of nitriles is 1. The molecule has 2 rings (SSSR count). The molecule has 4 heteroatoms. The van der Waals surface area contributed by atoms with Crippen LogP contribution in [0, 0.1) is 11.3 Å². The lowest BCUT2D eigenvalue weighted by atomic mass is 9.99. The van der Waals surface area contributed by atoms with Gasteiger partial charge in [0.1, 0.15) is 0 Å². The number of urea groups is 1. The number of benzene rings is 2. The van der Waals surface area contributed by atoms with E-state index in [4.69, 9.17) is 5.26 Å². The molecule has 2 aromatic rings. The average Bonchev–Trinajstić information content (AvgIpc) is 2.59. The third kappa shape index (κ3) is 3.64. The minimum Gasteiger partial charge on any atom is -0.334 e. The fourth-order valence-electron chi connectivity index (χ4n) is 2.09. The Labute approximate surface area is 131 Å². The van der Waals surface area contributed by atoms with Crippen LogP contribution in [0.15, 0.2) is 48.5 Å². The molecule has 22 heavy (non-hydrogen) atoms. The Morgan fingerprint density at radius 3 is 2.50 bits per heavy atom. The van der Waals surface area contributed by atoms with Gasteiger partial charge in [-0.15, -0.1) is 0 Å². The first-order chi connectivity index (χ1) is 10.7.